The standard InChI is InChI=1S/2C7H14N2/c2*1-9-4-6-2-3-8-7(6)5-9/h2*6-8H,2-5H2,1H3. The Morgan fingerprint density at radius 1 is 0.722 bits per heavy atom. The summed E-state index contributed by atoms with van der Waals surface area (Å²) in [5.41, 5.74) is 0. The zero-order chi connectivity index (χ0) is 12.5. The molecule has 4 saturated heterocycles. The SMILES string of the molecule is CN1CC2CCNC2C1.CN1CC2CCNC2C1. The Balaban J connectivity index is 0.000000111. The minimum atomic E-state index is 0.829. The highest BCUT2D eigenvalue weighted by molar-refractivity contribution is 4.93. The average Bonchev–Trinajstić information content (AvgIpc) is 2.97. The Bertz CT molecular complexity index is 231. The zero-order valence-corrected chi connectivity index (χ0v) is 11.9. The van der Waals surface area contributed by atoms with Gasteiger partial charge in [0.2, 0.25) is 0 Å². The van der Waals surface area contributed by atoms with Crippen molar-refractivity contribution in [3.05, 3.63) is 0 Å². The van der Waals surface area contributed by atoms with Gasteiger partial charge in [-0.05, 0) is 51.9 Å². The van der Waals surface area contributed by atoms with Gasteiger partial charge in [0, 0.05) is 38.3 Å². The van der Waals surface area contributed by atoms with E-state index in [1.807, 2.05) is 0 Å². The maximum absolute atomic E-state index is 3.51. The first-order valence-corrected chi connectivity index (χ1v) is 7.56. The van der Waals surface area contributed by atoms with E-state index in [4.69, 9.17) is 0 Å². The van der Waals surface area contributed by atoms with E-state index in [0.29, 0.717) is 0 Å². The molecular formula is C14H28N4. The summed E-state index contributed by atoms with van der Waals surface area (Å²) in [6.45, 7) is 7.68. The lowest BCUT2D eigenvalue weighted by Crippen LogP contribution is -2.28. The average molecular weight is 252 g/mol. The van der Waals surface area contributed by atoms with E-state index in [9.17, 15) is 0 Å². The van der Waals surface area contributed by atoms with Crippen molar-refractivity contribution in [2.24, 2.45) is 11.8 Å². The summed E-state index contributed by atoms with van der Waals surface area (Å²) in [5, 5.41) is 7.01. The largest absolute Gasteiger partial charge is 0.312 e. The molecule has 0 radical (unpaired) electrons. The quantitative estimate of drug-likeness (QED) is 0.626. The Kier molecular flexibility index (Phi) is 3.89. The summed E-state index contributed by atoms with van der Waals surface area (Å²) in [6.07, 6.45) is 2.80. The van der Waals surface area contributed by atoms with Gasteiger partial charge < -0.3 is 20.4 Å². The minimum absolute atomic E-state index is 0.829. The molecule has 4 fully saturated rings. The van der Waals surface area contributed by atoms with Gasteiger partial charge in [0.15, 0.2) is 0 Å². The number of hydrogen-bond acceptors (Lipinski definition) is 4. The molecule has 0 aromatic heterocycles. The third-order valence-corrected chi connectivity index (χ3v) is 5.09. The first kappa shape index (κ1) is 12.9. The van der Waals surface area contributed by atoms with Crippen LogP contribution < -0.4 is 10.6 Å². The number of likely N-dealkylation sites (tertiary alicyclic amines) is 2. The molecule has 4 unspecified atom stereocenters. The van der Waals surface area contributed by atoms with Crippen LogP contribution in [0.1, 0.15) is 12.8 Å². The highest BCUT2D eigenvalue weighted by atomic mass is 15.2. The Morgan fingerprint density at radius 3 is 1.56 bits per heavy atom. The van der Waals surface area contributed by atoms with E-state index in [2.05, 4.69) is 34.5 Å². The van der Waals surface area contributed by atoms with Crippen LogP contribution in [0.2, 0.25) is 0 Å². The summed E-state index contributed by atoms with van der Waals surface area (Å²) >= 11 is 0. The van der Waals surface area contributed by atoms with Crippen molar-refractivity contribution in [1.29, 1.82) is 0 Å². The van der Waals surface area contributed by atoms with E-state index in [1.54, 1.807) is 0 Å². The van der Waals surface area contributed by atoms with Crippen LogP contribution in [0.5, 0.6) is 0 Å². The fraction of sp³-hybridized carbons (Fsp3) is 1.00. The fourth-order valence-corrected chi connectivity index (χ4v) is 4.13. The van der Waals surface area contributed by atoms with Gasteiger partial charge in [0.05, 0.1) is 0 Å². The lowest BCUT2D eigenvalue weighted by molar-refractivity contribution is 0.382. The van der Waals surface area contributed by atoms with Crippen LogP contribution in [0.15, 0.2) is 0 Å². The van der Waals surface area contributed by atoms with Gasteiger partial charge in [0.25, 0.3) is 0 Å². The lowest BCUT2D eigenvalue weighted by atomic mass is 10.1. The number of rotatable bonds is 0. The van der Waals surface area contributed by atoms with Crippen molar-refractivity contribution in [3.63, 3.8) is 0 Å². The van der Waals surface area contributed by atoms with Crippen molar-refractivity contribution < 1.29 is 0 Å². The molecule has 4 aliphatic heterocycles. The molecule has 0 aromatic rings. The van der Waals surface area contributed by atoms with Crippen molar-refractivity contribution >= 4 is 0 Å². The molecule has 4 nitrogen and oxygen atoms in total. The molecule has 4 heteroatoms. The van der Waals surface area contributed by atoms with Crippen molar-refractivity contribution in [3.8, 4) is 0 Å². The molecule has 0 amide bonds. The second kappa shape index (κ2) is 5.45. The maximum atomic E-state index is 3.51. The molecule has 0 spiro atoms. The van der Waals surface area contributed by atoms with Crippen LogP contribution in [0, 0.1) is 11.8 Å². The topological polar surface area (TPSA) is 30.5 Å². The molecule has 0 bridgehead atoms. The van der Waals surface area contributed by atoms with Crippen molar-refractivity contribution in [1.82, 2.24) is 20.4 Å². The first-order chi connectivity index (χ1) is 8.72. The monoisotopic (exact) mass is 252 g/mol. The lowest BCUT2D eigenvalue weighted by Gasteiger charge is -2.07. The van der Waals surface area contributed by atoms with Crippen LogP contribution in [0.25, 0.3) is 0 Å². The number of nitrogens with one attached hydrogen (secondary N) is 2. The van der Waals surface area contributed by atoms with Gasteiger partial charge in [-0.3, -0.25) is 0 Å². The molecule has 4 rings (SSSR count). The van der Waals surface area contributed by atoms with Gasteiger partial charge in [-0.25, -0.2) is 0 Å². The molecule has 2 N–H and O–H groups in total. The molecule has 4 aliphatic rings. The van der Waals surface area contributed by atoms with Crippen LogP contribution >= 0.6 is 0 Å². The summed E-state index contributed by atoms with van der Waals surface area (Å²) in [6, 6.07) is 1.66. The molecule has 4 heterocycles. The van der Waals surface area contributed by atoms with E-state index in [-0.39, 0.29) is 0 Å². The van der Waals surface area contributed by atoms with Gasteiger partial charge in [0.1, 0.15) is 0 Å². The van der Waals surface area contributed by atoms with Crippen LogP contribution in [-0.2, 0) is 0 Å². The van der Waals surface area contributed by atoms with E-state index in [1.165, 1.54) is 52.1 Å². The second-order valence-electron chi connectivity index (χ2n) is 6.66. The zero-order valence-electron chi connectivity index (χ0n) is 11.9. The van der Waals surface area contributed by atoms with Gasteiger partial charge in [-0.2, -0.15) is 0 Å². The predicted octanol–water partition coefficient (Wildman–Crippen LogP) is -0.180. The maximum Gasteiger partial charge on any atom is 0.0235 e. The number of hydrogen-bond donors (Lipinski definition) is 2. The number of fused-ring (bicyclic) bond motifs is 2. The molecule has 104 valence electrons. The summed E-state index contributed by atoms with van der Waals surface area (Å²) in [5.74, 6) is 1.94. The predicted molar refractivity (Wildman–Crippen MR) is 74.8 cm³/mol. The molecule has 0 aromatic carbocycles. The van der Waals surface area contributed by atoms with Crippen molar-refractivity contribution in [2.45, 2.75) is 24.9 Å². The smallest absolute Gasteiger partial charge is 0.0235 e. The van der Waals surface area contributed by atoms with Crippen LogP contribution in [0.4, 0.5) is 0 Å². The Morgan fingerprint density at radius 2 is 1.17 bits per heavy atom. The Labute approximate surface area is 111 Å². The van der Waals surface area contributed by atoms with E-state index >= 15 is 0 Å². The minimum Gasteiger partial charge on any atom is -0.312 e. The van der Waals surface area contributed by atoms with E-state index in [0.717, 1.165) is 23.9 Å². The molecule has 0 saturated carbocycles. The molecule has 18 heavy (non-hydrogen) atoms. The molecule has 4 atom stereocenters. The highest BCUT2D eigenvalue weighted by Crippen LogP contribution is 2.23. The molecular weight excluding hydrogens is 224 g/mol. The third-order valence-electron chi connectivity index (χ3n) is 5.09. The highest BCUT2D eigenvalue weighted by Gasteiger charge is 2.34. The third kappa shape index (κ3) is 2.72. The first-order valence-electron chi connectivity index (χ1n) is 7.56. The number of likely N-dealkylation sites (N-methyl/N-ethyl adjacent to an activating group) is 2. The fourth-order valence-electron chi connectivity index (χ4n) is 4.13. The summed E-state index contributed by atoms with van der Waals surface area (Å²) in [4.78, 5) is 4.84. The summed E-state index contributed by atoms with van der Waals surface area (Å²) < 4.78 is 0. The van der Waals surface area contributed by atoms with Crippen LogP contribution in [-0.4, -0.2) is 75.2 Å². The summed E-state index contributed by atoms with van der Waals surface area (Å²) in [7, 11) is 4.42. The van der Waals surface area contributed by atoms with Gasteiger partial charge in [-0.1, -0.05) is 0 Å². The molecule has 0 aliphatic carbocycles. The van der Waals surface area contributed by atoms with Crippen LogP contribution in [0.3, 0.4) is 0 Å². The van der Waals surface area contributed by atoms with E-state index < -0.39 is 0 Å². The second-order valence-corrected chi connectivity index (χ2v) is 6.66. The Hall–Kier alpha value is -0.160. The normalized spacial score (nSPS) is 43.7. The van der Waals surface area contributed by atoms with Gasteiger partial charge in [-0.15, -0.1) is 0 Å². The van der Waals surface area contributed by atoms with Crippen molar-refractivity contribution in [2.75, 3.05) is 53.4 Å². The van der Waals surface area contributed by atoms with Gasteiger partial charge >= 0.3 is 0 Å². The number of nitrogens with zero attached hydrogens (tertiary/aromatic N) is 2.